The Bertz CT molecular complexity index is 290. The first-order valence-electron chi connectivity index (χ1n) is 7.58. The van der Waals surface area contributed by atoms with Crippen LogP contribution >= 0.6 is 24.0 Å². The predicted molar refractivity (Wildman–Crippen MR) is 91.8 cm³/mol. The second kappa shape index (κ2) is 9.78. The maximum Gasteiger partial charge on any atom is 0.193 e. The maximum absolute atomic E-state index is 9.54. The fourth-order valence-electron chi connectivity index (χ4n) is 2.25. The molecule has 0 unspecified atom stereocenters. The molecule has 1 aliphatic carbocycles. The Labute approximate surface area is 139 Å². The van der Waals surface area contributed by atoms with Gasteiger partial charge in [0.1, 0.15) is 0 Å². The molecule has 0 aromatic heterocycles. The molecular weight excluding hydrogens is 369 g/mol. The quantitative estimate of drug-likeness (QED) is 0.308. The van der Waals surface area contributed by atoms with Gasteiger partial charge in [-0.2, -0.15) is 0 Å². The molecule has 0 aromatic rings. The Morgan fingerprint density at radius 2 is 2.00 bits per heavy atom. The van der Waals surface area contributed by atoms with Gasteiger partial charge in [-0.25, -0.2) is 0 Å². The van der Waals surface area contributed by atoms with Crippen LogP contribution in [0, 0.1) is 5.92 Å². The molecule has 5 nitrogen and oxygen atoms in total. The smallest absolute Gasteiger partial charge is 0.193 e. The van der Waals surface area contributed by atoms with Crippen molar-refractivity contribution < 1.29 is 9.84 Å². The first kappa shape index (κ1) is 18.0. The van der Waals surface area contributed by atoms with Gasteiger partial charge in [-0.15, -0.1) is 24.0 Å². The van der Waals surface area contributed by atoms with Crippen LogP contribution in [-0.2, 0) is 4.74 Å². The lowest BCUT2D eigenvalue weighted by atomic mass is 10.1. The van der Waals surface area contributed by atoms with Gasteiger partial charge in [-0.1, -0.05) is 0 Å². The molecule has 2 aliphatic rings. The van der Waals surface area contributed by atoms with E-state index in [9.17, 15) is 5.11 Å². The van der Waals surface area contributed by atoms with E-state index in [0.29, 0.717) is 13.2 Å². The molecule has 1 saturated carbocycles. The average Bonchev–Trinajstić information content (AvgIpc) is 3.22. The second-order valence-electron chi connectivity index (χ2n) is 5.47. The minimum atomic E-state index is -0.138. The molecule has 0 bridgehead atoms. The topological polar surface area (TPSA) is 57.1 Å². The largest absolute Gasteiger partial charge is 0.393 e. The molecule has 6 heteroatoms. The summed E-state index contributed by atoms with van der Waals surface area (Å²) in [5.41, 5.74) is 0. The van der Waals surface area contributed by atoms with Gasteiger partial charge in [-0.05, 0) is 38.5 Å². The van der Waals surface area contributed by atoms with Crippen molar-refractivity contribution in [1.29, 1.82) is 0 Å². The number of rotatable bonds is 6. The molecule has 0 spiro atoms. The summed E-state index contributed by atoms with van der Waals surface area (Å²) in [6.45, 7) is 7.06. The fraction of sp³-hybridized carbons (Fsp3) is 0.929. The van der Waals surface area contributed by atoms with E-state index in [-0.39, 0.29) is 30.1 Å². The van der Waals surface area contributed by atoms with Crippen molar-refractivity contribution in [2.75, 3.05) is 39.4 Å². The van der Waals surface area contributed by atoms with E-state index in [4.69, 9.17) is 4.74 Å². The number of hydrogen-bond acceptors (Lipinski definition) is 3. The van der Waals surface area contributed by atoms with E-state index >= 15 is 0 Å². The molecule has 0 aromatic carbocycles. The Morgan fingerprint density at radius 3 is 2.60 bits per heavy atom. The minimum Gasteiger partial charge on any atom is -0.393 e. The van der Waals surface area contributed by atoms with E-state index in [1.54, 1.807) is 0 Å². The highest BCUT2D eigenvalue weighted by molar-refractivity contribution is 14.0. The van der Waals surface area contributed by atoms with Gasteiger partial charge < -0.3 is 20.1 Å². The van der Waals surface area contributed by atoms with Crippen molar-refractivity contribution in [2.24, 2.45) is 10.9 Å². The summed E-state index contributed by atoms with van der Waals surface area (Å²) >= 11 is 0. The Morgan fingerprint density at radius 1 is 1.30 bits per heavy atom. The van der Waals surface area contributed by atoms with Crippen molar-refractivity contribution in [2.45, 2.75) is 38.7 Å². The van der Waals surface area contributed by atoms with Crippen LogP contribution in [-0.4, -0.2) is 61.5 Å². The van der Waals surface area contributed by atoms with Crippen LogP contribution in [0.25, 0.3) is 0 Å². The number of likely N-dealkylation sites (tertiary alicyclic amines) is 1. The van der Waals surface area contributed by atoms with Crippen molar-refractivity contribution in [3.8, 4) is 0 Å². The van der Waals surface area contributed by atoms with Crippen LogP contribution in [0.3, 0.4) is 0 Å². The summed E-state index contributed by atoms with van der Waals surface area (Å²) in [5, 5.41) is 12.9. The van der Waals surface area contributed by atoms with Gasteiger partial charge in [0.2, 0.25) is 0 Å². The summed E-state index contributed by atoms with van der Waals surface area (Å²) < 4.78 is 5.60. The van der Waals surface area contributed by atoms with E-state index in [1.165, 1.54) is 12.8 Å². The molecule has 20 heavy (non-hydrogen) atoms. The third-order valence-corrected chi connectivity index (χ3v) is 3.65. The molecule has 1 aliphatic heterocycles. The van der Waals surface area contributed by atoms with E-state index in [1.807, 2.05) is 0 Å². The van der Waals surface area contributed by atoms with Gasteiger partial charge in [0.05, 0.1) is 19.3 Å². The lowest BCUT2D eigenvalue weighted by Crippen LogP contribution is -2.46. The lowest BCUT2D eigenvalue weighted by molar-refractivity contribution is 0.107. The summed E-state index contributed by atoms with van der Waals surface area (Å²) in [7, 11) is 0. The summed E-state index contributed by atoms with van der Waals surface area (Å²) in [6.07, 6.45) is 4.20. The molecule has 2 fully saturated rings. The van der Waals surface area contributed by atoms with Gasteiger partial charge >= 0.3 is 0 Å². The van der Waals surface area contributed by atoms with Gasteiger partial charge in [0.15, 0.2) is 5.96 Å². The zero-order valence-electron chi connectivity index (χ0n) is 12.4. The molecule has 0 atom stereocenters. The van der Waals surface area contributed by atoms with E-state index in [2.05, 4.69) is 22.1 Å². The number of aliphatic imine (C=N–C) groups is 1. The zero-order valence-corrected chi connectivity index (χ0v) is 14.7. The third-order valence-electron chi connectivity index (χ3n) is 3.65. The Kier molecular flexibility index (Phi) is 8.79. The number of hydrogen-bond donors (Lipinski definition) is 2. The van der Waals surface area contributed by atoms with E-state index in [0.717, 1.165) is 51.0 Å². The fourth-order valence-corrected chi connectivity index (χ4v) is 2.25. The van der Waals surface area contributed by atoms with Crippen LogP contribution in [0.15, 0.2) is 4.99 Å². The summed E-state index contributed by atoms with van der Waals surface area (Å²) in [4.78, 5) is 6.84. The number of halogens is 1. The summed E-state index contributed by atoms with van der Waals surface area (Å²) in [6, 6.07) is 0. The highest BCUT2D eigenvalue weighted by Gasteiger charge is 2.21. The molecule has 1 heterocycles. The predicted octanol–water partition coefficient (Wildman–Crippen LogP) is 1.45. The van der Waals surface area contributed by atoms with Crippen molar-refractivity contribution >= 4 is 29.9 Å². The minimum absolute atomic E-state index is 0. The number of aliphatic hydroxyl groups is 1. The Hall–Kier alpha value is -0.0800. The normalized spacial score (nSPS) is 20.7. The third kappa shape index (κ3) is 6.58. The van der Waals surface area contributed by atoms with Crippen molar-refractivity contribution in [3.63, 3.8) is 0 Å². The highest BCUT2D eigenvalue weighted by atomic mass is 127. The zero-order chi connectivity index (χ0) is 13.5. The van der Waals surface area contributed by atoms with Crippen LogP contribution < -0.4 is 5.32 Å². The van der Waals surface area contributed by atoms with Crippen molar-refractivity contribution in [1.82, 2.24) is 10.2 Å². The number of aliphatic hydroxyl groups excluding tert-OH is 1. The lowest BCUT2D eigenvalue weighted by Gasteiger charge is -2.32. The highest BCUT2D eigenvalue weighted by Crippen LogP contribution is 2.28. The molecule has 2 N–H and O–H groups in total. The summed E-state index contributed by atoms with van der Waals surface area (Å²) in [5.74, 6) is 1.78. The van der Waals surface area contributed by atoms with Crippen LogP contribution in [0.2, 0.25) is 0 Å². The number of ether oxygens (including phenoxy) is 1. The van der Waals surface area contributed by atoms with Crippen LogP contribution in [0.1, 0.15) is 32.6 Å². The first-order valence-corrected chi connectivity index (χ1v) is 7.58. The Balaban J connectivity index is 0.00000200. The molecule has 1 saturated heterocycles. The molecule has 2 rings (SSSR count). The molecule has 0 amide bonds. The van der Waals surface area contributed by atoms with E-state index < -0.39 is 0 Å². The first-order chi connectivity index (χ1) is 9.29. The van der Waals surface area contributed by atoms with Crippen LogP contribution in [0.5, 0.6) is 0 Å². The van der Waals surface area contributed by atoms with Crippen molar-refractivity contribution in [3.05, 3.63) is 0 Å². The van der Waals surface area contributed by atoms with Gasteiger partial charge in [0.25, 0.3) is 0 Å². The van der Waals surface area contributed by atoms with Gasteiger partial charge in [0, 0.05) is 26.2 Å². The number of nitrogens with zero attached hydrogens (tertiary/aromatic N) is 2. The average molecular weight is 397 g/mol. The SMILES string of the molecule is CCNC(=NCCOCC1CC1)N1CCC(O)CC1.I. The number of guanidine groups is 1. The molecule has 0 radical (unpaired) electrons. The molecule has 118 valence electrons. The molecular formula is C14H28IN3O2. The van der Waals surface area contributed by atoms with Crippen LogP contribution in [0.4, 0.5) is 0 Å². The standard InChI is InChI=1S/C14H27N3O2.HI/c1-2-15-14(17-8-5-13(18)6-9-17)16-7-10-19-11-12-3-4-12;/h12-13,18H,2-11H2,1H3,(H,15,16);1H. The monoisotopic (exact) mass is 397 g/mol. The second-order valence-corrected chi connectivity index (χ2v) is 5.47. The number of piperidine rings is 1. The van der Waals surface area contributed by atoms with Gasteiger partial charge in [-0.3, -0.25) is 4.99 Å². The maximum atomic E-state index is 9.54. The number of nitrogens with one attached hydrogen (secondary N) is 1.